The normalized spacial score (nSPS) is 16.4. The van der Waals surface area contributed by atoms with Crippen LogP contribution in [-0.2, 0) is 30.9 Å². The fourth-order valence-electron chi connectivity index (χ4n) is 3.69. The molecule has 4 rings (SSSR count). The third kappa shape index (κ3) is 5.08. The molecule has 0 atom stereocenters. The molecule has 3 heterocycles. The van der Waals surface area contributed by atoms with E-state index < -0.39 is 27.7 Å². The molecule has 0 radical (unpaired) electrons. The van der Waals surface area contributed by atoms with Crippen LogP contribution in [0.5, 0.6) is 0 Å². The standard InChI is InChI=1S/C21H22FN3O5S3/c1-2-30-18(26)13-25-16-6-5-15(22)12-17(16)32-21(25)23-20(27)14-7-9-24(10-8-14)33(28,29)19-4-3-11-31-19/h3-6,11-12,14H,2,7-10,13H2,1H3. The third-order valence-electron chi connectivity index (χ3n) is 5.34. The lowest BCUT2D eigenvalue weighted by molar-refractivity contribution is -0.143. The van der Waals surface area contributed by atoms with E-state index in [1.54, 1.807) is 29.0 Å². The lowest BCUT2D eigenvalue weighted by Crippen LogP contribution is -2.40. The highest BCUT2D eigenvalue weighted by Crippen LogP contribution is 2.27. The average Bonchev–Trinajstić information content (AvgIpc) is 3.43. The highest BCUT2D eigenvalue weighted by atomic mass is 32.2. The summed E-state index contributed by atoms with van der Waals surface area (Å²) in [6.07, 6.45) is 0.703. The molecule has 1 saturated heterocycles. The minimum Gasteiger partial charge on any atom is -0.465 e. The summed E-state index contributed by atoms with van der Waals surface area (Å²) in [4.78, 5) is 29.5. The maximum Gasteiger partial charge on any atom is 0.326 e. The van der Waals surface area contributed by atoms with Crippen LogP contribution in [0.3, 0.4) is 0 Å². The highest BCUT2D eigenvalue weighted by Gasteiger charge is 2.32. The first-order chi connectivity index (χ1) is 15.8. The van der Waals surface area contributed by atoms with Gasteiger partial charge >= 0.3 is 5.97 Å². The van der Waals surface area contributed by atoms with Gasteiger partial charge in [0.2, 0.25) is 0 Å². The molecule has 1 aliphatic heterocycles. The second kappa shape index (κ2) is 9.84. The van der Waals surface area contributed by atoms with Gasteiger partial charge in [0.1, 0.15) is 16.6 Å². The molecule has 1 aromatic carbocycles. The van der Waals surface area contributed by atoms with Gasteiger partial charge < -0.3 is 9.30 Å². The second-order valence-corrected chi connectivity index (χ2v) is 11.6. The van der Waals surface area contributed by atoms with Crippen LogP contribution in [-0.4, -0.2) is 48.9 Å². The molecule has 1 aliphatic rings. The highest BCUT2D eigenvalue weighted by molar-refractivity contribution is 7.91. The number of esters is 1. The van der Waals surface area contributed by atoms with Crippen LogP contribution in [0.1, 0.15) is 19.8 Å². The molecular weight excluding hydrogens is 489 g/mol. The quantitative estimate of drug-likeness (QED) is 0.474. The van der Waals surface area contributed by atoms with Gasteiger partial charge in [0.15, 0.2) is 4.80 Å². The summed E-state index contributed by atoms with van der Waals surface area (Å²) < 4.78 is 47.9. The van der Waals surface area contributed by atoms with Crippen molar-refractivity contribution in [2.75, 3.05) is 19.7 Å². The Bertz CT molecular complexity index is 1340. The summed E-state index contributed by atoms with van der Waals surface area (Å²) >= 11 is 2.28. The van der Waals surface area contributed by atoms with E-state index >= 15 is 0 Å². The Hall–Kier alpha value is -2.41. The lowest BCUT2D eigenvalue weighted by Gasteiger charge is -2.29. The molecule has 0 aliphatic carbocycles. The molecule has 0 saturated carbocycles. The Morgan fingerprint density at radius 2 is 2.00 bits per heavy atom. The zero-order valence-electron chi connectivity index (χ0n) is 17.8. The monoisotopic (exact) mass is 511 g/mol. The molecule has 12 heteroatoms. The lowest BCUT2D eigenvalue weighted by atomic mass is 9.98. The maximum absolute atomic E-state index is 13.7. The number of ether oxygens (including phenoxy) is 1. The van der Waals surface area contributed by atoms with Crippen molar-refractivity contribution in [3.8, 4) is 0 Å². The summed E-state index contributed by atoms with van der Waals surface area (Å²) in [5.74, 6) is -1.72. The van der Waals surface area contributed by atoms with Crippen molar-refractivity contribution >= 4 is 54.8 Å². The number of nitrogens with zero attached hydrogens (tertiary/aromatic N) is 3. The number of thiazole rings is 1. The first-order valence-corrected chi connectivity index (χ1v) is 13.5. The summed E-state index contributed by atoms with van der Waals surface area (Å²) in [6, 6.07) is 7.41. The molecule has 0 unspecified atom stereocenters. The Kier molecular flexibility index (Phi) is 7.07. The van der Waals surface area contributed by atoms with Crippen molar-refractivity contribution in [1.82, 2.24) is 8.87 Å². The van der Waals surface area contributed by atoms with Crippen LogP contribution >= 0.6 is 22.7 Å². The summed E-state index contributed by atoms with van der Waals surface area (Å²) in [6.45, 7) is 2.22. The number of carbonyl (C=O) groups excluding carboxylic acids is 2. The Morgan fingerprint density at radius 3 is 2.67 bits per heavy atom. The van der Waals surface area contributed by atoms with E-state index in [2.05, 4.69) is 4.99 Å². The summed E-state index contributed by atoms with van der Waals surface area (Å²) in [7, 11) is -3.55. The zero-order chi connectivity index (χ0) is 23.6. The minimum atomic E-state index is -3.55. The van der Waals surface area contributed by atoms with Crippen molar-refractivity contribution < 1.29 is 27.1 Å². The topological polar surface area (TPSA) is 98.0 Å². The number of benzene rings is 1. The van der Waals surface area contributed by atoms with Crippen molar-refractivity contribution in [2.24, 2.45) is 10.9 Å². The molecule has 0 spiro atoms. The number of halogens is 1. The average molecular weight is 512 g/mol. The van der Waals surface area contributed by atoms with Gasteiger partial charge in [0.05, 0.1) is 16.8 Å². The van der Waals surface area contributed by atoms with E-state index in [0.717, 1.165) is 22.7 Å². The molecule has 3 aromatic rings. The predicted octanol–water partition coefficient (Wildman–Crippen LogP) is 2.99. The molecule has 176 valence electrons. The van der Waals surface area contributed by atoms with Crippen LogP contribution in [0.25, 0.3) is 10.2 Å². The molecule has 1 amide bonds. The van der Waals surface area contributed by atoms with Crippen LogP contribution in [0, 0.1) is 11.7 Å². The van der Waals surface area contributed by atoms with E-state index in [1.807, 2.05) is 0 Å². The summed E-state index contributed by atoms with van der Waals surface area (Å²) in [5.41, 5.74) is 0.581. The number of carbonyl (C=O) groups is 2. The van der Waals surface area contributed by atoms with E-state index in [1.165, 1.54) is 22.5 Å². The SMILES string of the molecule is CCOC(=O)Cn1c(=NC(=O)C2CCN(S(=O)(=O)c3cccs3)CC2)sc2cc(F)ccc21. The predicted molar refractivity (Wildman–Crippen MR) is 123 cm³/mol. The van der Waals surface area contributed by atoms with Gasteiger partial charge in [-0.05, 0) is 49.4 Å². The second-order valence-electron chi connectivity index (χ2n) is 7.45. The van der Waals surface area contributed by atoms with Gasteiger partial charge in [-0.15, -0.1) is 11.3 Å². The van der Waals surface area contributed by atoms with E-state index in [-0.39, 0.29) is 41.2 Å². The molecular formula is C21H22FN3O5S3. The molecule has 1 fully saturated rings. The Labute approximate surface area is 198 Å². The fourth-order valence-corrected chi connectivity index (χ4v) is 7.36. The van der Waals surface area contributed by atoms with Crippen LogP contribution in [0.4, 0.5) is 4.39 Å². The van der Waals surface area contributed by atoms with Crippen LogP contribution in [0.2, 0.25) is 0 Å². The first kappa shape index (κ1) is 23.7. The van der Waals surface area contributed by atoms with Gasteiger partial charge in [-0.3, -0.25) is 9.59 Å². The number of aromatic nitrogens is 1. The van der Waals surface area contributed by atoms with E-state index in [0.29, 0.717) is 23.1 Å². The van der Waals surface area contributed by atoms with Crippen LogP contribution in [0.15, 0.2) is 44.9 Å². The molecule has 2 aromatic heterocycles. The van der Waals surface area contributed by atoms with Gasteiger partial charge in [-0.2, -0.15) is 9.30 Å². The number of fused-ring (bicyclic) bond motifs is 1. The van der Waals surface area contributed by atoms with Gasteiger partial charge in [0, 0.05) is 19.0 Å². The molecule has 0 N–H and O–H groups in total. The van der Waals surface area contributed by atoms with E-state index in [4.69, 9.17) is 4.74 Å². The van der Waals surface area contributed by atoms with E-state index in [9.17, 15) is 22.4 Å². The van der Waals surface area contributed by atoms with Gasteiger partial charge in [-0.25, -0.2) is 12.8 Å². The first-order valence-electron chi connectivity index (χ1n) is 10.4. The zero-order valence-corrected chi connectivity index (χ0v) is 20.2. The molecule has 8 nitrogen and oxygen atoms in total. The number of hydrogen-bond donors (Lipinski definition) is 0. The Morgan fingerprint density at radius 1 is 1.24 bits per heavy atom. The van der Waals surface area contributed by atoms with Gasteiger partial charge in [-0.1, -0.05) is 17.4 Å². The number of sulfonamides is 1. The summed E-state index contributed by atoms with van der Waals surface area (Å²) in [5, 5.41) is 1.71. The maximum atomic E-state index is 13.7. The fraction of sp³-hybridized carbons (Fsp3) is 0.381. The van der Waals surface area contributed by atoms with Crippen LogP contribution < -0.4 is 4.80 Å². The number of amides is 1. The number of rotatable bonds is 6. The smallest absolute Gasteiger partial charge is 0.326 e. The van der Waals surface area contributed by atoms with Gasteiger partial charge in [0.25, 0.3) is 15.9 Å². The minimum absolute atomic E-state index is 0.150. The number of thiophene rings is 1. The molecule has 0 bridgehead atoms. The van der Waals surface area contributed by atoms with Crippen molar-refractivity contribution in [3.05, 3.63) is 46.3 Å². The van der Waals surface area contributed by atoms with Crippen molar-refractivity contribution in [1.29, 1.82) is 0 Å². The molecule has 33 heavy (non-hydrogen) atoms. The van der Waals surface area contributed by atoms with Crippen molar-refractivity contribution in [3.63, 3.8) is 0 Å². The largest absolute Gasteiger partial charge is 0.465 e. The Balaban J connectivity index is 1.56. The van der Waals surface area contributed by atoms with Crippen molar-refractivity contribution in [2.45, 2.75) is 30.5 Å². The number of hydrogen-bond acceptors (Lipinski definition) is 7. The number of piperidine rings is 1. The third-order valence-corrected chi connectivity index (χ3v) is 9.65.